The van der Waals surface area contributed by atoms with E-state index in [1.54, 1.807) is 7.05 Å². The number of rotatable bonds is 4. The molecule has 2 N–H and O–H groups in total. The van der Waals surface area contributed by atoms with E-state index in [9.17, 15) is 0 Å². The van der Waals surface area contributed by atoms with Crippen LogP contribution in [0, 0.1) is 5.92 Å². The fourth-order valence-electron chi connectivity index (χ4n) is 1.47. The predicted molar refractivity (Wildman–Crippen MR) is 57.8 cm³/mol. The smallest absolute Gasteiger partial charge is 0.144 e. The summed E-state index contributed by atoms with van der Waals surface area (Å²) in [4.78, 5) is 0. The Labute approximate surface area is 85.2 Å². The van der Waals surface area contributed by atoms with Gasteiger partial charge in [0.25, 0.3) is 0 Å². The second kappa shape index (κ2) is 6.32. The van der Waals surface area contributed by atoms with Crippen LogP contribution < -0.4 is 10.6 Å². The molecule has 1 aliphatic heterocycles. The van der Waals surface area contributed by atoms with Crippen molar-refractivity contribution in [3.63, 3.8) is 0 Å². The molecule has 1 rings (SSSR count). The molecule has 78 valence electrons. The summed E-state index contributed by atoms with van der Waals surface area (Å²) >= 11 is 0. The van der Waals surface area contributed by atoms with Crippen LogP contribution >= 0.6 is 0 Å². The highest BCUT2D eigenvalue weighted by Crippen LogP contribution is 2.12. The van der Waals surface area contributed by atoms with Gasteiger partial charge in [0, 0.05) is 7.05 Å². The Hall–Kier alpha value is -1.16. The molecule has 0 aromatic carbocycles. The lowest BCUT2D eigenvalue weighted by atomic mass is 9.98. The lowest BCUT2D eigenvalue weighted by Crippen LogP contribution is -2.26. The van der Waals surface area contributed by atoms with Gasteiger partial charge in [-0.25, -0.2) is 0 Å². The molecule has 0 amide bonds. The van der Waals surface area contributed by atoms with Crippen molar-refractivity contribution in [2.24, 2.45) is 16.1 Å². The summed E-state index contributed by atoms with van der Waals surface area (Å²) in [5.41, 5.74) is 0. The van der Waals surface area contributed by atoms with E-state index in [1.807, 2.05) is 6.20 Å². The first kappa shape index (κ1) is 10.9. The Bertz CT molecular complexity index is 226. The normalized spacial score (nSPS) is 19.2. The van der Waals surface area contributed by atoms with Crippen molar-refractivity contribution in [1.82, 2.24) is 10.6 Å². The minimum absolute atomic E-state index is 0.581. The summed E-state index contributed by atoms with van der Waals surface area (Å²) < 4.78 is 0. The van der Waals surface area contributed by atoms with Crippen molar-refractivity contribution in [3.05, 3.63) is 24.7 Å². The summed E-state index contributed by atoms with van der Waals surface area (Å²) in [5.74, 6) is 1.26. The first-order valence-corrected chi connectivity index (χ1v) is 4.95. The quantitative estimate of drug-likeness (QED) is 0.668. The summed E-state index contributed by atoms with van der Waals surface area (Å²) in [6, 6.07) is 0. The molecule has 1 fully saturated rings. The van der Waals surface area contributed by atoms with Crippen molar-refractivity contribution in [2.75, 3.05) is 20.1 Å². The number of hydrogen-bond acceptors (Lipinski definition) is 4. The maximum atomic E-state index is 3.76. The zero-order valence-corrected chi connectivity index (χ0v) is 8.66. The molecule has 0 saturated carbocycles. The highest BCUT2D eigenvalue weighted by molar-refractivity contribution is 4.97. The van der Waals surface area contributed by atoms with Gasteiger partial charge in [-0.1, -0.05) is 12.7 Å². The van der Waals surface area contributed by atoms with Gasteiger partial charge in [0.15, 0.2) is 0 Å². The van der Waals surface area contributed by atoms with Crippen LogP contribution in [0.1, 0.15) is 12.8 Å². The second-order valence-electron chi connectivity index (χ2n) is 3.34. The molecule has 14 heavy (non-hydrogen) atoms. The Morgan fingerprint density at radius 1 is 1.50 bits per heavy atom. The Morgan fingerprint density at radius 2 is 2.21 bits per heavy atom. The van der Waals surface area contributed by atoms with E-state index in [0.29, 0.717) is 11.7 Å². The number of hydrogen-bond donors (Lipinski definition) is 2. The molecule has 1 saturated heterocycles. The molecular weight excluding hydrogens is 176 g/mol. The van der Waals surface area contributed by atoms with Crippen LogP contribution in [0.3, 0.4) is 0 Å². The number of allylic oxidation sites excluding steroid dienone is 1. The molecule has 4 heteroatoms. The summed E-state index contributed by atoms with van der Waals surface area (Å²) in [5, 5.41) is 13.7. The number of azo groups is 1. The van der Waals surface area contributed by atoms with E-state index in [1.165, 1.54) is 12.8 Å². The van der Waals surface area contributed by atoms with E-state index in [4.69, 9.17) is 0 Å². The maximum Gasteiger partial charge on any atom is 0.144 e. The summed E-state index contributed by atoms with van der Waals surface area (Å²) in [6.45, 7) is 5.92. The molecule has 1 aliphatic rings. The van der Waals surface area contributed by atoms with Crippen molar-refractivity contribution in [2.45, 2.75) is 12.8 Å². The molecule has 0 spiro atoms. The first-order valence-electron chi connectivity index (χ1n) is 4.95. The Balaban J connectivity index is 2.21. The van der Waals surface area contributed by atoms with Crippen LogP contribution in [0.2, 0.25) is 0 Å². The largest absolute Gasteiger partial charge is 0.346 e. The van der Waals surface area contributed by atoms with Crippen LogP contribution in [0.4, 0.5) is 0 Å². The SMILES string of the molecule is C=C(/N=N\C)N/C=C/C1CCNCC1. The number of nitrogens with zero attached hydrogens (tertiary/aromatic N) is 2. The van der Waals surface area contributed by atoms with Gasteiger partial charge in [0.2, 0.25) is 0 Å². The fourth-order valence-corrected chi connectivity index (χ4v) is 1.47. The van der Waals surface area contributed by atoms with Gasteiger partial charge >= 0.3 is 0 Å². The molecule has 4 nitrogen and oxygen atoms in total. The molecule has 0 radical (unpaired) electrons. The zero-order valence-electron chi connectivity index (χ0n) is 8.66. The Morgan fingerprint density at radius 3 is 2.86 bits per heavy atom. The monoisotopic (exact) mass is 194 g/mol. The molecular formula is C10H18N4. The minimum Gasteiger partial charge on any atom is -0.346 e. The third-order valence-corrected chi connectivity index (χ3v) is 2.22. The van der Waals surface area contributed by atoms with E-state index in [2.05, 4.69) is 33.5 Å². The van der Waals surface area contributed by atoms with Crippen LogP contribution in [0.15, 0.2) is 34.9 Å². The summed E-state index contributed by atoms with van der Waals surface area (Å²) in [7, 11) is 1.63. The van der Waals surface area contributed by atoms with Crippen molar-refractivity contribution in [1.29, 1.82) is 0 Å². The topological polar surface area (TPSA) is 48.8 Å². The average molecular weight is 194 g/mol. The minimum atomic E-state index is 0.581. The molecule has 0 bridgehead atoms. The average Bonchev–Trinajstić information content (AvgIpc) is 2.20. The van der Waals surface area contributed by atoms with E-state index < -0.39 is 0 Å². The van der Waals surface area contributed by atoms with Gasteiger partial charge < -0.3 is 10.6 Å². The molecule has 0 aromatic rings. The van der Waals surface area contributed by atoms with Crippen molar-refractivity contribution in [3.8, 4) is 0 Å². The third-order valence-electron chi connectivity index (χ3n) is 2.22. The lowest BCUT2D eigenvalue weighted by molar-refractivity contribution is 0.436. The van der Waals surface area contributed by atoms with Gasteiger partial charge in [-0.3, -0.25) is 0 Å². The van der Waals surface area contributed by atoms with Gasteiger partial charge in [-0.15, -0.1) is 5.11 Å². The van der Waals surface area contributed by atoms with Crippen molar-refractivity contribution >= 4 is 0 Å². The Kier molecular flexibility index (Phi) is 4.93. The molecule has 0 aromatic heterocycles. The maximum absolute atomic E-state index is 3.76. The highest BCUT2D eigenvalue weighted by Gasteiger charge is 2.08. The fraction of sp³-hybridized carbons (Fsp3) is 0.600. The first-order chi connectivity index (χ1) is 6.83. The lowest BCUT2D eigenvalue weighted by Gasteiger charge is -2.19. The van der Waals surface area contributed by atoms with E-state index in [-0.39, 0.29) is 0 Å². The number of piperidine rings is 1. The zero-order chi connectivity index (χ0) is 10.2. The van der Waals surface area contributed by atoms with Crippen LogP contribution in [0.25, 0.3) is 0 Å². The van der Waals surface area contributed by atoms with Gasteiger partial charge in [0.1, 0.15) is 5.82 Å². The number of nitrogens with one attached hydrogen (secondary N) is 2. The molecule has 0 atom stereocenters. The predicted octanol–water partition coefficient (Wildman–Crippen LogP) is 1.64. The molecule has 0 unspecified atom stereocenters. The standard InChI is InChI=1S/C10H18N4/c1-9(14-11-2)13-8-5-10-3-6-12-7-4-10/h5,8,10,12-13H,1,3-4,6-7H2,2H3/b8-5+,14-11-. The van der Waals surface area contributed by atoms with Gasteiger partial charge in [-0.2, -0.15) is 5.11 Å². The van der Waals surface area contributed by atoms with Crippen LogP contribution in [-0.2, 0) is 0 Å². The third kappa shape index (κ3) is 4.18. The second-order valence-corrected chi connectivity index (χ2v) is 3.34. The van der Waals surface area contributed by atoms with Gasteiger partial charge in [-0.05, 0) is 38.0 Å². The van der Waals surface area contributed by atoms with Crippen molar-refractivity contribution < 1.29 is 0 Å². The molecule has 1 heterocycles. The highest BCUT2D eigenvalue weighted by atomic mass is 15.2. The molecule has 0 aliphatic carbocycles. The summed E-state index contributed by atoms with van der Waals surface area (Å²) in [6.07, 6.45) is 6.50. The van der Waals surface area contributed by atoms with Gasteiger partial charge in [0.05, 0.1) is 0 Å². The van der Waals surface area contributed by atoms with E-state index in [0.717, 1.165) is 13.1 Å². The van der Waals surface area contributed by atoms with Crippen LogP contribution in [0.5, 0.6) is 0 Å². The van der Waals surface area contributed by atoms with E-state index >= 15 is 0 Å². The van der Waals surface area contributed by atoms with Crippen LogP contribution in [-0.4, -0.2) is 20.1 Å².